The van der Waals surface area contributed by atoms with Crippen molar-refractivity contribution in [1.82, 2.24) is 5.32 Å². The highest BCUT2D eigenvalue weighted by atomic mass is 16.5. The van der Waals surface area contributed by atoms with Gasteiger partial charge in [-0.25, -0.2) is 0 Å². The SMILES string of the molecule is COc1ccc(CCC(=O)NCC(C)(C)c2ccccc2)cc1OC. The van der Waals surface area contributed by atoms with Crippen LogP contribution in [0.1, 0.15) is 31.4 Å². The molecule has 0 unspecified atom stereocenters. The molecule has 1 amide bonds. The largest absolute Gasteiger partial charge is 0.493 e. The molecule has 0 aliphatic heterocycles. The zero-order chi connectivity index (χ0) is 18.3. The quantitative estimate of drug-likeness (QED) is 0.796. The van der Waals surface area contributed by atoms with Crippen LogP contribution in [0.15, 0.2) is 48.5 Å². The van der Waals surface area contributed by atoms with Crippen molar-refractivity contribution in [3.63, 3.8) is 0 Å². The summed E-state index contributed by atoms with van der Waals surface area (Å²) in [6, 6.07) is 16.0. The number of benzene rings is 2. The summed E-state index contributed by atoms with van der Waals surface area (Å²) in [5.74, 6) is 1.43. The van der Waals surface area contributed by atoms with Crippen molar-refractivity contribution in [3.05, 3.63) is 59.7 Å². The van der Waals surface area contributed by atoms with E-state index < -0.39 is 0 Å². The highest BCUT2D eigenvalue weighted by Gasteiger charge is 2.20. The lowest BCUT2D eigenvalue weighted by molar-refractivity contribution is -0.121. The van der Waals surface area contributed by atoms with Crippen molar-refractivity contribution < 1.29 is 14.3 Å². The summed E-state index contributed by atoms with van der Waals surface area (Å²) in [5, 5.41) is 3.05. The summed E-state index contributed by atoms with van der Waals surface area (Å²) < 4.78 is 10.5. The zero-order valence-electron chi connectivity index (χ0n) is 15.5. The Morgan fingerprint density at radius 1 is 1.00 bits per heavy atom. The van der Waals surface area contributed by atoms with Gasteiger partial charge in [-0.3, -0.25) is 4.79 Å². The molecular weight excluding hydrogens is 314 g/mol. The maximum Gasteiger partial charge on any atom is 0.220 e. The van der Waals surface area contributed by atoms with Crippen LogP contribution in [0.4, 0.5) is 0 Å². The van der Waals surface area contributed by atoms with E-state index in [1.54, 1.807) is 14.2 Å². The molecule has 4 nitrogen and oxygen atoms in total. The van der Waals surface area contributed by atoms with E-state index in [0.29, 0.717) is 30.9 Å². The van der Waals surface area contributed by atoms with Gasteiger partial charge in [0.05, 0.1) is 14.2 Å². The molecule has 0 aliphatic rings. The number of carbonyl (C=O) groups excluding carboxylic acids is 1. The third-order valence-electron chi connectivity index (χ3n) is 4.37. The lowest BCUT2D eigenvalue weighted by atomic mass is 9.84. The summed E-state index contributed by atoms with van der Waals surface area (Å²) in [6.07, 6.45) is 1.11. The molecule has 1 N–H and O–H groups in total. The van der Waals surface area contributed by atoms with Crippen molar-refractivity contribution in [2.24, 2.45) is 0 Å². The van der Waals surface area contributed by atoms with Crippen molar-refractivity contribution in [2.45, 2.75) is 32.1 Å². The maximum atomic E-state index is 12.2. The van der Waals surface area contributed by atoms with E-state index in [4.69, 9.17) is 9.47 Å². The fourth-order valence-corrected chi connectivity index (χ4v) is 2.69. The Bertz CT molecular complexity index is 696. The molecular formula is C21H27NO3. The minimum absolute atomic E-state index is 0.0544. The molecule has 0 atom stereocenters. The van der Waals surface area contributed by atoms with Crippen LogP contribution in [-0.2, 0) is 16.6 Å². The monoisotopic (exact) mass is 341 g/mol. The van der Waals surface area contributed by atoms with Crippen LogP contribution in [0.25, 0.3) is 0 Å². The summed E-state index contributed by atoms with van der Waals surface area (Å²) >= 11 is 0. The first-order chi connectivity index (χ1) is 12.0. The van der Waals surface area contributed by atoms with Gasteiger partial charge < -0.3 is 14.8 Å². The van der Waals surface area contributed by atoms with E-state index in [1.807, 2.05) is 36.4 Å². The minimum Gasteiger partial charge on any atom is -0.493 e. The first kappa shape index (κ1) is 18.8. The minimum atomic E-state index is -0.0970. The van der Waals surface area contributed by atoms with Gasteiger partial charge in [-0.1, -0.05) is 50.2 Å². The molecule has 0 bridgehead atoms. The van der Waals surface area contributed by atoms with Gasteiger partial charge in [0.2, 0.25) is 5.91 Å². The van der Waals surface area contributed by atoms with Crippen LogP contribution < -0.4 is 14.8 Å². The predicted octanol–water partition coefficient (Wildman–Crippen LogP) is 3.73. The molecule has 0 heterocycles. The van der Waals surface area contributed by atoms with E-state index in [0.717, 1.165) is 5.56 Å². The number of hydrogen-bond donors (Lipinski definition) is 1. The highest BCUT2D eigenvalue weighted by molar-refractivity contribution is 5.76. The van der Waals surface area contributed by atoms with E-state index in [2.05, 4.69) is 31.3 Å². The van der Waals surface area contributed by atoms with Gasteiger partial charge in [0.25, 0.3) is 0 Å². The van der Waals surface area contributed by atoms with Crippen LogP contribution in [0, 0.1) is 0 Å². The lowest BCUT2D eigenvalue weighted by Gasteiger charge is -2.25. The molecule has 134 valence electrons. The van der Waals surface area contributed by atoms with Crippen LogP contribution in [0.5, 0.6) is 11.5 Å². The number of rotatable bonds is 8. The molecule has 4 heteroatoms. The number of hydrogen-bond acceptors (Lipinski definition) is 3. The summed E-state index contributed by atoms with van der Waals surface area (Å²) in [7, 11) is 3.22. The van der Waals surface area contributed by atoms with E-state index in [9.17, 15) is 4.79 Å². The second-order valence-electron chi connectivity index (χ2n) is 6.72. The second kappa shape index (κ2) is 8.56. The zero-order valence-corrected chi connectivity index (χ0v) is 15.5. The smallest absolute Gasteiger partial charge is 0.220 e. The normalized spacial score (nSPS) is 11.0. The fraction of sp³-hybridized carbons (Fsp3) is 0.381. The number of amides is 1. The molecule has 0 spiro atoms. The fourth-order valence-electron chi connectivity index (χ4n) is 2.69. The van der Waals surface area contributed by atoms with Gasteiger partial charge in [-0.15, -0.1) is 0 Å². The number of methoxy groups -OCH3 is 2. The highest BCUT2D eigenvalue weighted by Crippen LogP contribution is 2.28. The number of carbonyl (C=O) groups is 1. The molecule has 0 fully saturated rings. The Labute approximate surface area is 150 Å². The average molecular weight is 341 g/mol. The molecule has 0 aliphatic carbocycles. The van der Waals surface area contributed by atoms with Crippen LogP contribution in [-0.4, -0.2) is 26.7 Å². The molecule has 2 aromatic rings. The molecule has 0 saturated carbocycles. The molecule has 25 heavy (non-hydrogen) atoms. The topological polar surface area (TPSA) is 47.6 Å². The summed E-state index contributed by atoms with van der Waals surface area (Å²) in [6.45, 7) is 4.88. The number of nitrogens with one attached hydrogen (secondary N) is 1. The van der Waals surface area contributed by atoms with Crippen LogP contribution >= 0.6 is 0 Å². The first-order valence-electron chi connectivity index (χ1n) is 8.49. The molecule has 0 saturated heterocycles. The van der Waals surface area contributed by atoms with Gasteiger partial charge in [-0.05, 0) is 29.7 Å². The molecule has 2 rings (SSSR count). The molecule has 0 aromatic heterocycles. The summed E-state index contributed by atoms with van der Waals surface area (Å²) in [5.41, 5.74) is 2.17. The first-order valence-corrected chi connectivity index (χ1v) is 8.49. The van der Waals surface area contributed by atoms with E-state index in [1.165, 1.54) is 5.56 Å². The lowest BCUT2D eigenvalue weighted by Crippen LogP contribution is -2.36. The van der Waals surface area contributed by atoms with Gasteiger partial charge in [0, 0.05) is 18.4 Å². The van der Waals surface area contributed by atoms with Gasteiger partial charge in [0.1, 0.15) is 0 Å². The average Bonchev–Trinajstić information content (AvgIpc) is 2.65. The summed E-state index contributed by atoms with van der Waals surface area (Å²) in [4.78, 5) is 12.2. The second-order valence-corrected chi connectivity index (χ2v) is 6.72. The molecule has 2 aromatic carbocycles. The molecule has 0 radical (unpaired) electrons. The number of ether oxygens (including phenoxy) is 2. The van der Waals surface area contributed by atoms with Crippen molar-refractivity contribution in [3.8, 4) is 11.5 Å². The van der Waals surface area contributed by atoms with Gasteiger partial charge >= 0.3 is 0 Å². The van der Waals surface area contributed by atoms with Crippen molar-refractivity contribution in [2.75, 3.05) is 20.8 Å². The maximum absolute atomic E-state index is 12.2. The van der Waals surface area contributed by atoms with Gasteiger partial charge in [0.15, 0.2) is 11.5 Å². The van der Waals surface area contributed by atoms with Crippen LogP contribution in [0.3, 0.4) is 0 Å². The third-order valence-corrected chi connectivity index (χ3v) is 4.37. The Hall–Kier alpha value is -2.49. The van der Waals surface area contributed by atoms with Crippen molar-refractivity contribution >= 4 is 5.91 Å². The van der Waals surface area contributed by atoms with E-state index in [-0.39, 0.29) is 11.3 Å². The standard InChI is InChI=1S/C21H27NO3/c1-21(2,17-8-6-5-7-9-17)15-22-20(23)13-11-16-10-12-18(24-3)19(14-16)25-4/h5-10,12,14H,11,13,15H2,1-4H3,(H,22,23). The van der Waals surface area contributed by atoms with Gasteiger partial charge in [-0.2, -0.15) is 0 Å². The predicted molar refractivity (Wildman–Crippen MR) is 100 cm³/mol. The number of aryl methyl sites for hydroxylation is 1. The van der Waals surface area contributed by atoms with E-state index >= 15 is 0 Å². The third kappa shape index (κ3) is 5.24. The Balaban J connectivity index is 1.87. The Morgan fingerprint density at radius 2 is 1.68 bits per heavy atom. The van der Waals surface area contributed by atoms with Crippen LogP contribution in [0.2, 0.25) is 0 Å². The Morgan fingerprint density at radius 3 is 2.32 bits per heavy atom. The van der Waals surface area contributed by atoms with Crippen molar-refractivity contribution in [1.29, 1.82) is 0 Å². The Kier molecular flexibility index (Phi) is 6.45.